The van der Waals surface area contributed by atoms with Crippen molar-refractivity contribution in [3.8, 4) is 0 Å². The lowest BCUT2D eigenvalue weighted by Crippen LogP contribution is -2.44. The third kappa shape index (κ3) is 4.79. The predicted octanol–water partition coefficient (Wildman–Crippen LogP) is 1.85. The van der Waals surface area contributed by atoms with Gasteiger partial charge in [0.2, 0.25) is 5.91 Å². The van der Waals surface area contributed by atoms with Crippen molar-refractivity contribution in [1.82, 2.24) is 10.6 Å². The van der Waals surface area contributed by atoms with E-state index in [0.29, 0.717) is 18.5 Å². The number of carbonyl (C=O) groups excluding carboxylic acids is 1. The van der Waals surface area contributed by atoms with Crippen LogP contribution in [0.15, 0.2) is 12.2 Å². The molecule has 2 unspecified atom stereocenters. The van der Waals surface area contributed by atoms with Gasteiger partial charge in [-0.1, -0.05) is 26.0 Å². The molecule has 1 aliphatic rings. The minimum Gasteiger partial charge on any atom is -0.352 e. The van der Waals surface area contributed by atoms with E-state index < -0.39 is 0 Å². The summed E-state index contributed by atoms with van der Waals surface area (Å²) in [5, 5.41) is 6.30. The van der Waals surface area contributed by atoms with Crippen LogP contribution in [0.4, 0.5) is 0 Å². The molecule has 0 aromatic carbocycles. The van der Waals surface area contributed by atoms with Crippen molar-refractivity contribution in [3.63, 3.8) is 0 Å². The summed E-state index contributed by atoms with van der Waals surface area (Å²) >= 11 is 0. The van der Waals surface area contributed by atoms with Gasteiger partial charge in [0, 0.05) is 12.1 Å². The Hall–Kier alpha value is -0.830. The fourth-order valence-electron chi connectivity index (χ4n) is 1.69. The summed E-state index contributed by atoms with van der Waals surface area (Å²) in [6.45, 7) is 6.72. The maximum atomic E-state index is 11.6. The van der Waals surface area contributed by atoms with E-state index in [-0.39, 0.29) is 11.9 Å². The summed E-state index contributed by atoms with van der Waals surface area (Å²) in [7, 11) is 0. The van der Waals surface area contributed by atoms with Crippen molar-refractivity contribution in [2.24, 2.45) is 5.92 Å². The molecule has 2 atom stereocenters. The second-order valence-corrected chi connectivity index (χ2v) is 4.96. The molecular weight excluding hydrogens is 200 g/mol. The van der Waals surface area contributed by atoms with Crippen LogP contribution in [0.1, 0.15) is 40.0 Å². The Kier molecular flexibility index (Phi) is 5.53. The van der Waals surface area contributed by atoms with E-state index in [0.717, 1.165) is 19.3 Å². The first kappa shape index (κ1) is 13.2. The number of allylic oxidation sites excluding steroid dienone is 1. The second kappa shape index (κ2) is 6.69. The van der Waals surface area contributed by atoms with Crippen LogP contribution in [0.25, 0.3) is 0 Å². The number of nitrogens with one attached hydrogen (secondary N) is 2. The maximum Gasteiger partial charge on any atom is 0.234 e. The molecule has 1 rings (SSSR count). The predicted molar refractivity (Wildman–Crippen MR) is 67.2 cm³/mol. The largest absolute Gasteiger partial charge is 0.352 e. The van der Waals surface area contributed by atoms with E-state index in [1.165, 1.54) is 0 Å². The Bertz CT molecular complexity index is 248. The van der Waals surface area contributed by atoms with Crippen LogP contribution in [0, 0.1) is 5.92 Å². The van der Waals surface area contributed by atoms with Gasteiger partial charge in [-0.15, -0.1) is 0 Å². The molecule has 92 valence electrons. The van der Waals surface area contributed by atoms with Crippen molar-refractivity contribution in [1.29, 1.82) is 0 Å². The average molecular weight is 224 g/mol. The van der Waals surface area contributed by atoms with Gasteiger partial charge in [0.25, 0.3) is 0 Å². The standard InChI is InChI=1S/C13H24N2O/c1-10(2)11(3)15-13(16)9-14-12-7-5-4-6-8-12/h4-5,10-12,14H,6-9H2,1-3H3,(H,15,16). The molecule has 0 saturated carbocycles. The number of amides is 1. The number of rotatable bonds is 5. The second-order valence-electron chi connectivity index (χ2n) is 4.96. The maximum absolute atomic E-state index is 11.6. The molecule has 16 heavy (non-hydrogen) atoms. The van der Waals surface area contributed by atoms with E-state index >= 15 is 0 Å². The Balaban J connectivity index is 2.17. The van der Waals surface area contributed by atoms with Gasteiger partial charge >= 0.3 is 0 Å². The monoisotopic (exact) mass is 224 g/mol. The molecule has 2 N–H and O–H groups in total. The molecule has 0 spiro atoms. The highest BCUT2D eigenvalue weighted by atomic mass is 16.1. The highest BCUT2D eigenvalue weighted by Gasteiger charge is 2.13. The first-order chi connectivity index (χ1) is 7.59. The summed E-state index contributed by atoms with van der Waals surface area (Å²) in [6.07, 6.45) is 7.72. The molecule has 0 bridgehead atoms. The third-order valence-electron chi connectivity index (χ3n) is 3.21. The van der Waals surface area contributed by atoms with E-state index in [9.17, 15) is 4.79 Å². The van der Waals surface area contributed by atoms with Gasteiger partial charge in [0.15, 0.2) is 0 Å². The SMILES string of the molecule is CC(C)C(C)NC(=O)CNC1CC=CCC1. The first-order valence-electron chi connectivity index (χ1n) is 6.27. The van der Waals surface area contributed by atoms with Gasteiger partial charge in [-0.2, -0.15) is 0 Å². The van der Waals surface area contributed by atoms with Crippen LogP contribution in [-0.4, -0.2) is 24.5 Å². The molecule has 0 fully saturated rings. The zero-order valence-electron chi connectivity index (χ0n) is 10.6. The number of carbonyl (C=O) groups is 1. The van der Waals surface area contributed by atoms with Crippen LogP contribution in [0.3, 0.4) is 0 Å². The van der Waals surface area contributed by atoms with E-state index in [4.69, 9.17) is 0 Å². The number of hydrogen-bond acceptors (Lipinski definition) is 2. The van der Waals surface area contributed by atoms with Crippen molar-refractivity contribution >= 4 is 5.91 Å². The Morgan fingerprint density at radius 2 is 2.12 bits per heavy atom. The normalized spacial score (nSPS) is 22.1. The molecular formula is C13H24N2O. The molecule has 1 amide bonds. The highest BCUT2D eigenvalue weighted by Crippen LogP contribution is 2.09. The van der Waals surface area contributed by atoms with Gasteiger partial charge in [-0.3, -0.25) is 4.79 Å². The van der Waals surface area contributed by atoms with Crippen molar-refractivity contribution in [3.05, 3.63) is 12.2 Å². The summed E-state index contributed by atoms with van der Waals surface area (Å²) in [6, 6.07) is 0.727. The minimum absolute atomic E-state index is 0.107. The zero-order chi connectivity index (χ0) is 12.0. The van der Waals surface area contributed by atoms with Crippen molar-refractivity contribution < 1.29 is 4.79 Å². The fourth-order valence-corrected chi connectivity index (χ4v) is 1.69. The molecule has 0 aromatic rings. The van der Waals surface area contributed by atoms with E-state index in [1.54, 1.807) is 0 Å². The molecule has 0 aliphatic heterocycles. The smallest absolute Gasteiger partial charge is 0.234 e. The third-order valence-corrected chi connectivity index (χ3v) is 3.21. The molecule has 0 aromatic heterocycles. The number of hydrogen-bond donors (Lipinski definition) is 2. The lowest BCUT2D eigenvalue weighted by Gasteiger charge is -2.21. The molecule has 3 nitrogen and oxygen atoms in total. The van der Waals surface area contributed by atoms with Crippen LogP contribution in [-0.2, 0) is 4.79 Å². The fraction of sp³-hybridized carbons (Fsp3) is 0.769. The van der Waals surface area contributed by atoms with Gasteiger partial charge in [-0.25, -0.2) is 0 Å². The van der Waals surface area contributed by atoms with Crippen LogP contribution < -0.4 is 10.6 Å². The van der Waals surface area contributed by atoms with Gasteiger partial charge < -0.3 is 10.6 Å². The zero-order valence-corrected chi connectivity index (χ0v) is 10.6. The highest BCUT2D eigenvalue weighted by molar-refractivity contribution is 5.78. The Labute approximate surface area is 98.7 Å². The summed E-state index contributed by atoms with van der Waals surface area (Å²) in [5.74, 6) is 0.595. The summed E-state index contributed by atoms with van der Waals surface area (Å²) in [5.41, 5.74) is 0. The van der Waals surface area contributed by atoms with Crippen LogP contribution in [0.5, 0.6) is 0 Å². The Morgan fingerprint density at radius 3 is 2.69 bits per heavy atom. The molecule has 1 aliphatic carbocycles. The summed E-state index contributed by atoms with van der Waals surface area (Å²) < 4.78 is 0. The van der Waals surface area contributed by atoms with Crippen molar-refractivity contribution in [2.45, 2.75) is 52.1 Å². The van der Waals surface area contributed by atoms with Crippen LogP contribution >= 0.6 is 0 Å². The van der Waals surface area contributed by atoms with Crippen LogP contribution in [0.2, 0.25) is 0 Å². The van der Waals surface area contributed by atoms with Gasteiger partial charge in [0.1, 0.15) is 0 Å². The van der Waals surface area contributed by atoms with Crippen molar-refractivity contribution in [2.75, 3.05) is 6.54 Å². The minimum atomic E-state index is 0.107. The molecule has 0 heterocycles. The lowest BCUT2D eigenvalue weighted by molar-refractivity contribution is -0.121. The topological polar surface area (TPSA) is 41.1 Å². The van der Waals surface area contributed by atoms with Gasteiger partial charge in [0.05, 0.1) is 6.54 Å². The quantitative estimate of drug-likeness (QED) is 0.700. The van der Waals surface area contributed by atoms with E-state index in [1.807, 2.05) is 6.92 Å². The van der Waals surface area contributed by atoms with E-state index in [2.05, 4.69) is 36.6 Å². The van der Waals surface area contributed by atoms with Gasteiger partial charge in [-0.05, 0) is 32.1 Å². The first-order valence-corrected chi connectivity index (χ1v) is 6.27. The molecule has 0 radical (unpaired) electrons. The Morgan fingerprint density at radius 1 is 1.38 bits per heavy atom. The average Bonchev–Trinajstić information content (AvgIpc) is 2.27. The molecule has 0 saturated heterocycles. The summed E-state index contributed by atoms with van der Waals surface area (Å²) in [4.78, 5) is 11.6. The lowest BCUT2D eigenvalue weighted by atomic mass is 10.0. The molecule has 3 heteroatoms.